The molecule has 0 radical (unpaired) electrons. The second-order valence-electron chi connectivity index (χ2n) is 13.5. The molecule has 2 N–H and O–H groups in total. The van der Waals surface area contributed by atoms with E-state index in [-0.39, 0.29) is 31.4 Å². The van der Waals surface area contributed by atoms with E-state index in [4.69, 9.17) is 14.2 Å². The van der Waals surface area contributed by atoms with Gasteiger partial charge in [-0.3, -0.25) is 19.2 Å². The number of rotatable bonds is 9. The molecule has 6 rings (SSSR count). The van der Waals surface area contributed by atoms with Gasteiger partial charge in [0, 0.05) is 44.5 Å². The molecule has 0 bridgehead atoms. The largest absolute Gasteiger partial charge is 0.455 e. The average molecular weight is 701 g/mol. The maximum Gasteiger partial charge on any atom is 0.313 e. The zero-order chi connectivity index (χ0) is 36.3. The molecule has 0 saturated carbocycles. The maximum atomic E-state index is 14.8. The van der Waals surface area contributed by atoms with Crippen LogP contribution in [0.2, 0.25) is 0 Å². The molecule has 0 aromatic heterocycles. The van der Waals surface area contributed by atoms with Crippen LogP contribution < -0.4 is 15.1 Å². The Morgan fingerprint density at radius 2 is 1.75 bits per heavy atom. The number of nitrogens with one attached hydrogen (secondary N) is 1. The molecule has 12 nitrogen and oxygen atoms in total. The van der Waals surface area contributed by atoms with E-state index in [2.05, 4.69) is 24.1 Å². The number of aliphatic hydroxyl groups is 1. The van der Waals surface area contributed by atoms with E-state index in [1.165, 1.54) is 12.0 Å². The van der Waals surface area contributed by atoms with Crippen LogP contribution in [-0.2, 0) is 33.4 Å². The van der Waals surface area contributed by atoms with Crippen LogP contribution in [0, 0.1) is 11.8 Å². The number of amides is 3. The van der Waals surface area contributed by atoms with Crippen molar-refractivity contribution in [1.29, 1.82) is 0 Å². The first-order valence-corrected chi connectivity index (χ1v) is 17.8. The van der Waals surface area contributed by atoms with Crippen LogP contribution >= 0.6 is 0 Å². The van der Waals surface area contributed by atoms with E-state index in [0.717, 1.165) is 18.8 Å². The first-order chi connectivity index (χ1) is 24.7. The summed E-state index contributed by atoms with van der Waals surface area (Å²) in [5.41, 5.74) is 0.793. The van der Waals surface area contributed by atoms with Gasteiger partial charge < -0.3 is 39.3 Å². The van der Waals surface area contributed by atoms with Crippen molar-refractivity contribution in [2.75, 3.05) is 49.8 Å². The second kappa shape index (κ2) is 15.4. The Labute approximate surface area is 299 Å². The van der Waals surface area contributed by atoms with Gasteiger partial charge in [-0.1, -0.05) is 54.6 Å². The van der Waals surface area contributed by atoms with Crippen LogP contribution in [0.1, 0.15) is 45.3 Å². The summed E-state index contributed by atoms with van der Waals surface area (Å²) in [6, 6.07) is 14.2. The highest BCUT2D eigenvalue weighted by Crippen LogP contribution is 2.54. The van der Waals surface area contributed by atoms with E-state index in [1.54, 1.807) is 42.2 Å². The quantitative estimate of drug-likeness (QED) is 0.299. The number of aliphatic hydroxyl groups excluding tert-OH is 1. The SMILES string of the molecule is CCN(CC)c1ccc(N2CC=C[C@@]34O[C@H]5/C=C\CCC(=O)N[C@@H](COC)[C@H](c6ccccc6)OC(=O)[C@H]5[C@@H]3C(=O)N([C@H](C)CO)[C@H]4C2=O)cc1. The molecule has 3 amide bonds. The van der Waals surface area contributed by atoms with Crippen LogP contribution in [0.3, 0.4) is 0 Å². The summed E-state index contributed by atoms with van der Waals surface area (Å²) in [4.78, 5) is 62.3. The van der Waals surface area contributed by atoms with Crippen LogP contribution in [-0.4, -0.2) is 103 Å². The molecule has 2 fully saturated rings. The molecule has 4 aliphatic rings. The number of likely N-dealkylation sites (tertiary alicyclic amines) is 1. The van der Waals surface area contributed by atoms with Gasteiger partial charge in [-0.05, 0) is 57.0 Å². The number of cyclic esters (lactones) is 1. The molecule has 12 heteroatoms. The third-order valence-corrected chi connectivity index (χ3v) is 10.5. The third-order valence-electron chi connectivity index (χ3n) is 10.5. The molecule has 0 aliphatic carbocycles. The monoisotopic (exact) mass is 700 g/mol. The van der Waals surface area contributed by atoms with Gasteiger partial charge in [0.25, 0.3) is 5.91 Å². The third kappa shape index (κ3) is 6.68. The number of fused-ring (bicyclic) bond motifs is 2. The normalized spacial score (nSPS) is 30.6. The predicted molar refractivity (Wildman–Crippen MR) is 191 cm³/mol. The first kappa shape index (κ1) is 36.3. The smallest absolute Gasteiger partial charge is 0.313 e. The summed E-state index contributed by atoms with van der Waals surface area (Å²) >= 11 is 0. The van der Waals surface area contributed by atoms with Gasteiger partial charge in [0.1, 0.15) is 23.7 Å². The molecule has 2 aromatic carbocycles. The minimum atomic E-state index is -1.53. The molecule has 272 valence electrons. The van der Waals surface area contributed by atoms with Gasteiger partial charge in [0.15, 0.2) is 0 Å². The first-order valence-electron chi connectivity index (χ1n) is 17.8. The molecule has 0 unspecified atom stereocenters. The van der Waals surface area contributed by atoms with E-state index < -0.39 is 66.3 Å². The van der Waals surface area contributed by atoms with Crippen LogP contribution in [0.15, 0.2) is 78.9 Å². The number of hydrogen-bond acceptors (Lipinski definition) is 9. The number of hydrogen-bond donors (Lipinski definition) is 2. The zero-order valence-corrected chi connectivity index (χ0v) is 29.6. The summed E-state index contributed by atoms with van der Waals surface area (Å²) in [7, 11) is 1.51. The molecule has 2 aromatic rings. The van der Waals surface area contributed by atoms with Crippen molar-refractivity contribution in [3.63, 3.8) is 0 Å². The van der Waals surface area contributed by atoms with Crippen molar-refractivity contribution < 1.29 is 38.5 Å². The van der Waals surface area contributed by atoms with Gasteiger partial charge in [0.05, 0.1) is 37.3 Å². The molecule has 2 saturated heterocycles. The summed E-state index contributed by atoms with van der Waals surface area (Å²) in [5.74, 6) is -4.03. The fourth-order valence-electron chi connectivity index (χ4n) is 8.06. The summed E-state index contributed by atoms with van der Waals surface area (Å²) in [6.07, 6.45) is 5.70. The number of carbonyl (C=O) groups excluding carboxylic acids is 4. The highest BCUT2D eigenvalue weighted by molar-refractivity contribution is 6.05. The summed E-state index contributed by atoms with van der Waals surface area (Å²) in [5, 5.41) is 13.3. The van der Waals surface area contributed by atoms with Gasteiger partial charge in [-0.15, -0.1) is 0 Å². The second-order valence-corrected chi connectivity index (χ2v) is 13.5. The van der Waals surface area contributed by atoms with Gasteiger partial charge >= 0.3 is 5.97 Å². The minimum Gasteiger partial charge on any atom is -0.455 e. The number of anilines is 2. The lowest BCUT2D eigenvalue weighted by Crippen LogP contribution is -2.57. The lowest BCUT2D eigenvalue weighted by atomic mass is 9.77. The number of nitrogens with zero attached hydrogens (tertiary/aromatic N) is 3. The Balaban J connectivity index is 1.42. The van der Waals surface area contributed by atoms with Crippen LogP contribution in [0.5, 0.6) is 0 Å². The Bertz CT molecular complexity index is 1640. The van der Waals surface area contributed by atoms with Crippen molar-refractivity contribution in [3.8, 4) is 0 Å². The Hall–Kier alpha value is -4.52. The Morgan fingerprint density at radius 3 is 2.41 bits per heavy atom. The van der Waals surface area contributed by atoms with Crippen LogP contribution in [0.4, 0.5) is 11.4 Å². The van der Waals surface area contributed by atoms with Crippen molar-refractivity contribution in [3.05, 3.63) is 84.5 Å². The lowest BCUT2D eigenvalue weighted by molar-refractivity contribution is -0.162. The Kier molecular flexibility index (Phi) is 10.9. The molecular formula is C39H48N4O8. The molecule has 4 aliphatic heterocycles. The number of carbonyl (C=O) groups is 4. The fourth-order valence-corrected chi connectivity index (χ4v) is 8.06. The van der Waals surface area contributed by atoms with E-state index in [1.807, 2.05) is 48.5 Å². The highest BCUT2D eigenvalue weighted by atomic mass is 16.6. The van der Waals surface area contributed by atoms with Gasteiger partial charge in [-0.25, -0.2) is 0 Å². The summed E-state index contributed by atoms with van der Waals surface area (Å²) in [6.45, 7) is 7.41. The highest BCUT2D eigenvalue weighted by Gasteiger charge is 2.72. The van der Waals surface area contributed by atoms with Crippen molar-refractivity contribution in [1.82, 2.24) is 10.2 Å². The number of ether oxygens (including phenoxy) is 3. The molecule has 51 heavy (non-hydrogen) atoms. The minimum absolute atomic E-state index is 0.0676. The standard InChI is InChI=1S/C39H48N4O8/c1-5-41(6-2)27-17-19-28(20-18-27)42-22-12-21-39-33(36(46)43(25(3)23-44)35(39)37(42)47)32-30(51-39)15-10-11-16-31(45)40-29(24-49-4)34(50-38(32)48)26-13-8-7-9-14-26/h7-10,12-15,17-21,25,29-30,32-35,44H,5-6,11,16,22-24H2,1-4H3,(H,40,45)/b15-10-/t25-,29+,30+,32-,33-,34+,35+,39-/m1/s1. The zero-order valence-electron chi connectivity index (χ0n) is 29.6. The van der Waals surface area contributed by atoms with Crippen molar-refractivity contribution in [2.45, 2.75) is 69.5 Å². The van der Waals surface area contributed by atoms with Gasteiger partial charge in [-0.2, -0.15) is 0 Å². The Morgan fingerprint density at radius 1 is 1.02 bits per heavy atom. The molecule has 1 spiro atoms. The van der Waals surface area contributed by atoms with E-state index >= 15 is 0 Å². The lowest BCUT2D eigenvalue weighted by Gasteiger charge is -2.37. The maximum absolute atomic E-state index is 14.8. The summed E-state index contributed by atoms with van der Waals surface area (Å²) < 4.78 is 18.6. The van der Waals surface area contributed by atoms with Crippen LogP contribution in [0.25, 0.3) is 0 Å². The van der Waals surface area contributed by atoms with Gasteiger partial charge in [0.2, 0.25) is 11.8 Å². The topological polar surface area (TPSA) is 138 Å². The predicted octanol–water partition coefficient (Wildman–Crippen LogP) is 3.16. The molecule has 4 heterocycles. The van der Waals surface area contributed by atoms with E-state index in [0.29, 0.717) is 17.7 Å². The molecule has 8 atom stereocenters. The van der Waals surface area contributed by atoms with Crippen molar-refractivity contribution >= 4 is 35.1 Å². The molecular weight excluding hydrogens is 652 g/mol. The number of allylic oxidation sites excluding steroid dienone is 1. The average Bonchev–Trinajstić information content (AvgIpc) is 3.53. The number of esters is 1. The fraction of sp³-hybridized carbons (Fsp3) is 0.487. The number of methoxy groups -OCH3 is 1. The van der Waals surface area contributed by atoms with Crippen molar-refractivity contribution in [2.24, 2.45) is 11.8 Å². The number of benzene rings is 2. The van der Waals surface area contributed by atoms with E-state index in [9.17, 15) is 24.3 Å².